The van der Waals surface area contributed by atoms with Crippen molar-refractivity contribution in [2.75, 3.05) is 6.61 Å². The van der Waals surface area contributed by atoms with E-state index in [9.17, 15) is 4.79 Å². The third kappa shape index (κ3) is 4.59. The molecule has 0 bridgehead atoms. The summed E-state index contributed by atoms with van der Waals surface area (Å²) in [5, 5.41) is 0.473. The molecule has 4 nitrogen and oxygen atoms in total. The molecule has 4 heteroatoms. The average Bonchev–Trinajstić information content (AvgIpc) is 2.46. The average molecular weight is 289 g/mol. The molecule has 0 amide bonds. The van der Waals surface area contributed by atoms with E-state index in [4.69, 9.17) is 9.15 Å². The van der Waals surface area contributed by atoms with Gasteiger partial charge in [-0.05, 0) is 24.6 Å². The van der Waals surface area contributed by atoms with Crippen molar-refractivity contribution in [3.8, 4) is 5.75 Å². The quantitative estimate of drug-likeness (QED) is 0.682. The predicted molar refractivity (Wildman–Crippen MR) is 83.9 cm³/mol. The summed E-state index contributed by atoms with van der Waals surface area (Å²) in [5.74, 6) is 1.09. The first-order valence-electron chi connectivity index (χ1n) is 7.75. The molecule has 2 aromatic rings. The van der Waals surface area contributed by atoms with Crippen molar-refractivity contribution in [1.29, 1.82) is 0 Å². The van der Waals surface area contributed by atoms with Crippen molar-refractivity contribution < 1.29 is 9.15 Å². The van der Waals surface area contributed by atoms with Crippen LogP contribution in [-0.2, 0) is 0 Å². The Balaban J connectivity index is 1.87. The molecule has 0 saturated carbocycles. The molecule has 1 aromatic heterocycles. The van der Waals surface area contributed by atoms with Gasteiger partial charge in [0.05, 0.1) is 17.5 Å². The molecule has 0 radical (unpaired) electrons. The molecule has 0 aliphatic rings. The van der Waals surface area contributed by atoms with Gasteiger partial charge in [-0.15, -0.1) is 0 Å². The lowest BCUT2D eigenvalue weighted by Gasteiger charge is -2.07. The minimum absolute atomic E-state index is 0.359. The minimum Gasteiger partial charge on any atom is -0.494 e. The lowest BCUT2D eigenvalue weighted by atomic mass is 10.1. The molecule has 1 heterocycles. The summed E-state index contributed by atoms with van der Waals surface area (Å²) < 4.78 is 10.7. The summed E-state index contributed by atoms with van der Waals surface area (Å²) in [5.41, 5.74) is 0.290. The van der Waals surface area contributed by atoms with E-state index in [1.807, 2.05) is 6.07 Å². The van der Waals surface area contributed by atoms with Gasteiger partial charge in [0.2, 0.25) is 0 Å². The van der Waals surface area contributed by atoms with E-state index in [1.165, 1.54) is 32.1 Å². The summed E-state index contributed by atoms with van der Waals surface area (Å²) in [6.45, 7) is 4.57. The van der Waals surface area contributed by atoms with Crippen molar-refractivity contribution in [3.63, 3.8) is 0 Å². The van der Waals surface area contributed by atoms with Crippen LogP contribution in [0.2, 0.25) is 0 Å². The smallest absolute Gasteiger partial charge is 0.346 e. The highest BCUT2D eigenvalue weighted by Gasteiger charge is 2.05. The first-order valence-corrected chi connectivity index (χ1v) is 7.75. The van der Waals surface area contributed by atoms with Gasteiger partial charge in [-0.3, -0.25) is 0 Å². The fourth-order valence-electron chi connectivity index (χ4n) is 2.32. The van der Waals surface area contributed by atoms with Gasteiger partial charge in [0.15, 0.2) is 5.89 Å². The van der Waals surface area contributed by atoms with Crippen molar-refractivity contribution in [2.24, 2.45) is 0 Å². The highest BCUT2D eigenvalue weighted by Crippen LogP contribution is 2.17. The van der Waals surface area contributed by atoms with Gasteiger partial charge in [-0.1, -0.05) is 39.0 Å². The monoisotopic (exact) mass is 289 g/mol. The number of nitrogens with zero attached hydrogens (tertiary/aromatic N) is 1. The van der Waals surface area contributed by atoms with Gasteiger partial charge in [0.1, 0.15) is 5.75 Å². The van der Waals surface area contributed by atoms with Gasteiger partial charge < -0.3 is 9.15 Å². The van der Waals surface area contributed by atoms with Crippen LogP contribution in [0.3, 0.4) is 0 Å². The minimum atomic E-state index is -0.359. The van der Waals surface area contributed by atoms with Crippen LogP contribution in [0.5, 0.6) is 5.75 Å². The first-order chi connectivity index (χ1) is 10.2. The number of hydrogen-bond donors (Lipinski definition) is 0. The molecule has 2 rings (SSSR count). The van der Waals surface area contributed by atoms with Crippen LogP contribution in [0.25, 0.3) is 10.9 Å². The summed E-state index contributed by atoms with van der Waals surface area (Å²) in [6.07, 6.45) is 7.39. The molecule has 0 N–H and O–H groups in total. The van der Waals surface area contributed by atoms with E-state index in [-0.39, 0.29) is 5.63 Å². The summed E-state index contributed by atoms with van der Waals surface area (Å²) in [7, 11) is 0. The van der Waals surface area contributed by atoms with E-state index in [1.54, 1.807) is 19.1 Å². The van der Waals surface area contributed by atoms with Gasteiger partial charge >= 0.3 is 5.63 Å². The standard InChI is InChI=1S/C17H23NO3/c1-3-4-5-6-7-8-11-20-14-9-10-16-15(12-14)17(19)21-13(2)18-16/h9-10,12H,3-8,11H2,1-2H3. The fourth-order valence-corrected chi connectivity index (χ4v) is 2.32. The Kier molecular flexibility index (Phi) is 5.78. The van der Waals surface area contributed by atoms with E-state index < -0.39 is 0 Å². The molecule has 0 unspecified atom stereocenters. The normalized spacial score (nSPS) is 11.0. The van der Waals surface area contributed by atoms with Crippen molar-refractivity contribution >= 4 is 10.9 Å². The Morgan fingerprint density at radius 1 is 1.14 bits per heavy atom. The molecule has 114 valence electrons. The molecule has 0 saturated heterocycles. The summed E-state index contributed by atoms with van der Waals surface area (Å²) in [6, 6.07) is 5.37. The largest absolute Gasteiger partial charge is 0.494 e. The van der Waals surface area contributed by atoms with E-state index in [0.29, 0.717) is 29.2 Å². The maximum Gasteiger partial charge on any atom is 0.346 e. The number of aromatic nitrogens is 1. The zero-order valence-electron chi connectivity index (χ0n) is 12.9. The lowest BCUT2D eigenvalue weighted by molar-refractivity contribution is 0.304. The number of rotatable bonds is 8. The van der Waals surface area contributed by atoms with Gasteiger partial charge in [-0.25, -0.2) is 9.78 Å². The Hall–Kier alpha value is -1.84. The van der Waals surface area contributed by atoms with E-state index in [0.717, 1.165) is 6.42 Å². The zero-order chi connectivity index (χ0) is 15.1. The highest BCUT2D eigenvalue weighted by atomic mass is 16.5. The van der Waals surface area contributed by atoms with Crippen LogP contribution in [0, 0.1) is 6.92 Å². The second-order valence-corrected chi connectivity index (χ2v) is 5.32. The number of hydrogen-bond acceptors (Lipinski definition) is 4. The molecular formula is C17H23NO3. The molecule has 0 aliphatic carbocycles. The third-order valence-electron chi connectivity index (χ3n) is 3.47. The topological polar surface area (TPSA) is 52.3 Å². The lowest BCUT2D eigenvalue weighted by Crippen LogP contribution is -2.04. The Morgan fingerprint density at radius 2 is 1.90 bits per heavy atom. The molecule has 0 fully saturated rings. The molecule has 0 atom stereocenters. The van der Waals surface area contributed by atoms with Crippen LogP contribution in [-0.4, -0.2) is 11.6 Å². The Morgan fingerprint density at radius 3 is 2.71 bits per heavy atom. The first kappa shape index (κ1) is 15.5. The zero-order valence-corrected chi connectivity index (χ0v) is 12.9. The van der Waals surface area contributed by atoms with E-state index >= 15 is 0 Å². The van der Waals surface area contributed by atoms with Crippen molar-refractivity contribution in [3.05, 3.63) is 34.5 Å². The van der Waals surface area contributed by atoms with Crippen molar-refractivity contribution in [1.82, 2.24) is 4.98 Å². The highest BCUT2D eigenvalue weighted by molar-refractivity contribution is 5.78. The van der Waals surface area contributed by atoms with Gasteiger partial charge in [0.25, 0.3) is 0 Å². The van der Waals surface area contributed by atoms with Crippen molar-refractivity contribution in [2.45, 2.75) is 52.4 Å². The van der Waals surface area contributed by atoms with Crippen LogP contribution in [0.4, 0.5) is 0 Å². The van der Waals surface area contributed by atoms with Gasteiger partial charge in [-0.2, -0.15) is 0 Å². The number of unbranched alkanes of at least 4 members (excludes halogenated alkanes) is 5. The second kappa shape index (κ2) is 7.81. The maximum absolute atomic E-state index is 11.8. The van der Waals surface area contributed by atoms with Crippen LogP contribution >= 0.6 is 0 Å². The maximum atomic E-state index is 11.8. The molecular weight excluding hydrogens is 266 g/mol. The van der Waals surface area contributed by atoms with Gasteiger partial charge in [0, 0.05) is 6.92 Å². The molecule has 0 spiro atoms. The summed E-state index contributed by atoms with van der Waals surface area (Å²) in [4.78, 5) is 16.0. The number of ether oxygens (including phenoxy) is 1. The van der Waals surface area contributed by atoms with Crippen LogP contribution in [0.1, 0.15) is 51.3 Å². The van der Waals surface area contributed by atoms with Crippen LogP contribution in [0.15, 0.2) is 27.4 Å². The fraction of sp³-hybridized carbons (Fsp3) is 0.529. The van der Waals surface area contributed by atoms with Crippen LogP contribution < -0.4 is 10.4 Å². The number of fused-ring (bicyclic) bond motifs is 1. The Labute approximate surface area is 125 Å². The SMILES string of the molecule is CCCCCCCCOc1ccc2nc(C)oc(=O)c2c1. The summed E-state index contributed by atoms with van der Waals surface area (Å²) >= 11 is 0. The van der Waals surface area contributed by atoms with E-state index in [2.05, 4.69) is 11.9 Å². The second-order valence-electron chi connectivity index (χ2n) is 5.32. The predicted octanol–water partition coefficient (Wildman–Crippen LogP) is 4.24. The molecule has 21 heavy (non-hydrogen) atoms. The number of aryl methyl sites for hydroxylation is 1. The third-order valence-corrected chi connectivity index (χ3v) is 3.47. The number of benzene rings is 1. The Bertz CT molecular complexity index is 633. The molecule has 1 aromatic carbocycles. The molecule has 0 aliphatic heterocycles.